The minimum atomic E-state index is -3.33. The fourth-order valence-corrected chi connectivity index (χ4v) is 4.07. The smallest absolute Gasteiger partial charge is 0.281 e. The second-order valence-corrected chi connectivity index (χ2v) is 8.48. The zero-order chi connectivity index (χ0) is 17.3. The Morgan fingerprint density at radius 2 is 2.12 bits per heavy atom. The monoisotopic (exact) mass is 350 g/mol. The van der Waals surface area contributed by atoms with E-state index in [0.29, 0.717) is 19.5 Å². The maximum atomic E-state index is 12.2. The molecular formula is C15H22N6O2S. The molecule has 9 heteroatoms. The highest BCUT2D eigenvalue weighted by Gasteiger charge is 2.32. The Balaban J connectivity index is 1.69. The van der Waals surface area contributed by atoms with Crippen molar-refractivity contribution in [1.29, 1.82) is 0 Å². The number of aromatic nitrogens is 4. The third kappa shape index (κ3) is 3.47. The van der Waals surface area contributed by atoms with Crippen molar-refractivity contribution in [3.8, 4) is 11.4 Å². The molecule has 1 saturated heterocycles. The van der Waals surface area contributed by atoms with E-state index < -0.39 is 10.2 Å². The summed E-state index contributed by atoms with van der Waals surface area (Å²) in [5, 5.41) is 7.10. The minimum Gasteiger partial charge on any atom is -0.282 e. The molecule has 0 bridgehead atoms. The summed E-state index contributed by atoms with van der Waals surface area (Å²) in [5.74, 6) is 0.255. The van der Waals surface area contributed by atoms with E-state index in [9.17, 15) is 8.42 Å². The summed E-state index contributed by atoms with van der Waals surface area (Å²) in [6.45, 7) is 3.01. The average Bonchev–Trinajstić information content (AvgIpc) is 3.17. The van der Waals surface area contributed by atoms with Crippen LogP contribution in [0.4, 0.5) is 0 Å². The summed E-state index contributed by atoms with van der Waals surface area (Å²) < 4.78 is 27.2. The first kappa shape index (κ1) is 17.0. The molecule has 1 aliphatic rings. The number of hydrogen-bond donors (Lipinski definition) is 1. The van der Waals surface area contributed by atoms with Gasteiger partial charge in [-0.05, 0) is 31.7 Å². The molecule has 0 spiro atoms. The standard InChI is InChI=1S/C15H22N6O2S/c1-11-6-14(19-18-11)15-9-16-8-13(17-15)7-12-4-5-21(10-12)24(22,23)20(2)3/h6,8-9,12H,4-5,7,10H2,1-3H3,(H,18,19). The molecule has 1 aliphatic heterocycles. The predicted octanol–water partition coefficient (Wildman–Crippen LogP) is 0.846. The molecule has 0 saturated carbocycles. The van der Waals surface area contributed by atoms with Gasteiger partial charge in [0.15, 0.2) is 0 Å². The SMILES string of the molecule is Cc1cc(-c2cncc(CC3CCN(S(=O)(=O)N(C)C)C3)n2)n[nH]1. The quantitative estimate of drug-likeness (QED) is 0.862. The molecule has 1 atom stereocenters. The lowest BCUT2D eigenvalue weighted by atomic mass is 10.0. The maximum absolute atomic E-state index is 12.2. The number of nitrogens with zero attached hydrogens (tertiary/aromatic N) is 5. The molecule has 0 amide bonds. The molecule has 8 nitrogen and oxygen atoms in total. The van der Waals surface area contributed by atoms with Gasteiger partial charge >= 0.3 is 0 Å². The molecule has 0 radical (unpaired) electrons. The van der Waals surface area contributed by atoms with Gasteiger partial charge in [-0.3, -0.25) is 10.1 Å². The highest BCUT2D eigenvalue weighted by atomic mass is 32.2. The van der Waals surface area contributed by atoms with Gasteiger partial charge in [0.05, 0.1) is 11.9 Å². The summed E-state index contributed by atoms with van der Waals surface area (Å²) in [7, 11) is -0.216. The predicted molar refractivity (Wildman–Crippen MR) is 90.3 cm³/mol. The van der Waals surface area contributed by atoms with Gasteiger partial charge in [-0.2, -0.15) is 22.1 Å². The minimum absolute atomic E-state index is 0.255. The molecule has 24 heavy (non-hydrogen) atoms. The Morgan fingerprint density at radius 3 is 2.79 bits per heavy atom. The highest BCUT2D eigenvalue weighted by molar-refractivity contribution is 7.86. The van der Waals surface area contributed by atoms with Crippen molar-refractivity contribution in [2.75, 3.05) is 27.2 Å². The first-order chi connectivity index (χ1) is 11.4. The van der Waals surface area contributed by atoms with E-state index >= 15 is 0 Å². The lowest BCUT2D eigenvalue weighted by Gasteiger charge is -2.20. The van der Waals surface area contributed by atoms with E-state index in [1.54, 1.807) is 26.5 Å². The molecule has 1 unspecified atom stereocenters. The van der Waals surface area contributed by atoms with Crippen molar-refractivity contribution in [3.05, 3.63) is 29.8 Å². The van der Waals surface area contributed by atoms with Gasteiger partial charge in [-0.25, -0.2) is 4.98 Å². The topological polar surface area (TPSA) is 95.1 Å². The zero-order valence-corrected chi connectivity index (χ0v) is 14.9. The Morgan fingerprint density at radius 1 is 1.33 bits per heavy atom. The van der Waals surface area contributed by atoms with Crippen molar-refractivity contribution in [2.24, 2.45) is 5.92 Å². The van der Waals surface area contributed by atoms with E-state index in [2.05, 4.69) is 20.2 Å². The van der Waals surface area contributed by atoms with Crippen LogP contribution in [0.15, 0.2) is 18.5 Å². The van der Waals surface area contributed by atoms with E-state index in [4.69, 9.17) is 0 Å². The van der Waals surface area contributed by atoms with Gasteiger partial charge < -0.3 is 0 Å². The molecule has 1 N–H and O–H groups in total. The van der Waals surface area contributed by atoms with Crippen LogP contribution in [0.2, 0.25) is 0 Å². The van der Waals surface area contributed by atoms with Gasteiger partial charge in [-0.1, -0.05) is 0 Å². The molecule has 1 fully saturated rings. The van der Waals surface area contributed by atoms with Crippen LogP contribution in [0.25, 0.3) is 11.4 Å². The second kappa shape index (κ2) is 6.58. The first-order valence-electron chi connectivity index (χ1n) is 7.87. The van der Waals surface area contributed by atoms with Crippen LogP contribution < -0.4 is 0 Å². The molecule has 3 heterocycles. The molecule has 0 aliphatic carbocycles. The summed E-state index contributed by atoms with van der Waals surface area (Å²) >= 11 is 0. The number of aryl methyl sites for hydroxylation is 1. The van der Waals surface area contributed by atoms with Crippen LogP contribution in [0.3, 0.4) is 0 Å². The number of nitrogens with one attached hydrogen (secondary N) is 1. The third-order valence-electron chi connectivity index (χ3n) is 4.19. The molecule has 2 aromatic heterocycles. The van der Waals surface area contributed by atoms with Crippen molar-refractivity contribution in [2.45, 2.75) is 19.8 Å². The Hall–Kier alpha value is -1.84. The van der Waals surface area contributed by atoms with E-state index in [1.165, 1.54) is 8.61 Å². The molecule has 3 rings (SSSR count). The van der Waals surface area contributed by atoms with Gasteiger partial charge in [0.1, 0.15) is 11.4 Å². The van der Waals surface area contributed by atoms with Gasteiger partial charge in [0, 0.05) is 39.1 Å². The maximum Gasteiger partial charge on any atom is 0.281 e. The number of aromatic amines is 1. The van der Waals surface area contributed by atoms with Crippen molar-refractivity contribution in [1.82, 2.24) is 28.8 Å². The van der Waals surface area contributed by atoms with Crippen molar-refractivity contribution < 1.29 is 8.42 Å². The number of rotatable bonds is 5. The van der Waals surface area contributed by atoms with Crippen LogP contribution in [0.1, 0.15) is 17.8 Å². The Kier molecular flexibility index (Phi) is 4.66. The van der Waals surface area contributed by atoms with Crippen LogP contribution in [0, 0.1) is 12.8 Å². The molecule has 2 aromatic rings. The Bertz CT molecular complexity index is 817. The average molecular weight is 350 g/mol. The molecule has 130 valence electrons. The number of hydrogen-bond acceptors (Lipinski definition) is 5. The largest absolute Gasteiger partial charge is 0.282 e. The summed E-state index contributed by atoms with van der Waals surface area (Å²) in [4.78, 5) is 8.87. The van der Waals surface area contributed by atoms with Crippen LogP contribution in [-0.2, 0) is 16.6 Å². The van der Waals surface area contributed by atoms with E-state index in [0.717, 1.165) is 29.2 Å². The fraction of sp³-hybridized carbons (Fsp3) is 0.533. The third-order valence-corrected chi connectivity index (χ3v) is 6.09. The van der Waals surface area contributed by atoms with Crippen molar-refractivity contribution >= 4 is 10.2 Å². The van der Waals surface area contributed by atoms with Gasteiger partial charge in [0.25, 0.3) is 10.2 Å². The second-order valence-electron chi connectivity index (χ2n) is 6.34. The number of H-pyrrole nitrogens is 1. The summed E-state index contributed by atoms with van der Waals surface area (Å²) in [5.41, 5.74) is 3.33. The van der Waals surface area contributed by atoms with E-state index in [-0.39, 0.29) is 5.92 Å². The molecular weight excluding hydrogens is 328 g/mol. The lowest BCUT2D eigenvalue weighted by Crippen LogP contribution is -2.38. The lowest BCUT2D eigenvalue weighted by molar-refractivity contribution is 0.409. The van der Waals surface area contributed by atoms with Gasteiger partial charge in [-0.15, -0.1) is 0 Å². The first-order valence-corrected chi connectivity index (χ1v) is 9.27. The van der Waals surface area contributed by atoms with Gasteiger partial charge in [0.2, 0.25) is 0 Å². The normalized spacial score (nSPS) is 19.2. The summed E-state index contributed by atoms with van der Waals surface area (Å²) in [6.07, 6.45) is 4.98. The summed E-state index contributed by atoms with van der Waals surface area (Å²) in [6, 6.07) is 1.93. The zero-order valence-electron chi connectivity index (χ0n) is 14.1. The van der Waals surface area contributed by atoms with Crippen LogP contribution >= 0.6 is 0 Å². The fourth-order valence-electron chi connectivity index (χ4n) is 2.88. The molecule has 0 aromatic carbocycles. The van der Waals surface area contributed by atoms with Crippen LogP contribution in [-0.4, -0.2) is 64.4 Å². The Labute approximate surface area is 142 Å². The van der Waals surface area contributed by atoms with Crippen LogP contribution in [0.5, 0.6) is 0 Å². The highest BCUT2D eigenvalue weighted by Crippen LogP contribution is 2.24. The van der Waals surface area contributed by atoms with Crippen molar-refractivity contribution in [3.63, 3.8) is 0 Å². The van der Waals surface area contributed by atoms with E-state index in [1.807, 2.05) is 13.0 Å².